The zero-order valence-corrected chi connectivity index (χ0v) is 14.9. The minimum Gasteiger partial charge on any atom is -0.389 e. The molecule has 7 heteroatoms. The number of nitrogens with two attached hydrogens (primary N) is 1. The highest BCUT2D eigenvalue weighted by Crippen LogP contribution is 2.35. The van der Waals surface area contributed by atoms with Crippen molar-refractivity contribution in [2.24, 2.45) is 0 Å². The standard InChI is InChI=1S/C17H14ClN3OS2/c18-12-7-4-8-13(9-12)20-14(22)10-23-17-21-15(16(19)24-17)11-5-2-1-3-6-11/h1-9H,10,19H2,(H,20,22). The molecule has 1 amide bonds. The maximum Gasteiger partial charge on any atom is 0.234 e. The van der Waals surface area contributed by atoms with Gasteiger partial charge in [0.15, 0.2) is 4.34 Å². The van der Waals surface area contributed by atoms with Gasteiger partial charge in [0, 0.05) is 16.3 Å². The van der Waals surface area contributed by atoms with Crippen molar-refractivity contribution in [1.82, 2.24) is 4.98 Å². The molecule has 1 heterocycles. The molecule has 0 saturated heterocycles. The third kappa shape index (κ3) is 4.29. The number of rotatable bonds is 5. The first-order chi connectivity index (χ1) is 11.6. The molecule has 0 aliphatic heterocycles. The van der Waals surface area contributed by atoms with E-state index in [0.29, 0.717) is 15.7 Å². The minimum absolute atomic E-state index is 0.114. The van der Waals surface area contributed by atoms with Gasteiger partial charge in [0.25, 0.3) is 0 Å². The summed E-state index contributed by atoms with van der Waals surface area (Å²) in [7, 11) is 0. The Kier molecular flexibility index (Phi) is 5.40. The number of halogens is 1. The molecule has 0 spiro atoms. The van der Waals surface area contributed by atoms with E-state index in [2.05, 4.69) is 10.3 Å². The number of anilines is 2. The van der Waals surface area contributed by atoms with E-state index in [-0.39, 0.29) is 11.7 Å². The molecule has 122 valence electrons. The molecular formula is C17H14ClN3OS2. The summed E-state index contributed by atoms with van der Waals surface area (Å²) in [5, 5.41) is 4.04. The maximum atomic E-state index is 12.0. The Morgan fingerprint density at radius 3 is 2.75 bits per heavy atom. The zero-order chi connectivity index (χ0) is 16.9. The van der Waals surface area contributed by atoms with Gasteiger partial charge in [0.2, 0.25) is 5.91 Å². The number of nitrogen functional groups attached to an aromatic ring is 1. The Bertz CT molecular complexity index is 852. The Balaban J connectivity index is 1.62. The number of nitrogens with one attached hydrogen (secondary N) is 1. The van der Waals surface area contributed by atoms with E-state index in [1.807, 2.05) is 30.3 Å². The minimum atomic E-state index is -0.114. The molecule has 0 unspecified atom stereocenters. The molecule has 0 fully saturated rings. The molecule has 1 aromatic heterocycles. The lowest BCUT2D eigenvalue weighted by Crippen LogP contribution is -2.13. The van der Waals surface area contributed by atoms with E-state index in [1.165, 1.54) is 23.1 Å². The van der Waals surface area contributed by atoms with Crippen molar-refractivity contribution >= 4 is 51.3 Å². The summed E-state index contributed by atoms with van der Waals surface area (Å²) in [6, 6.07) is 16.8. The third-order valence-electron chi connectivity index (χ3n) is 3.12. The average molecular weight is 376 g/mol. The largest absolute Gasteiger partial charge is 0.389 e. The Labute approximate surface area is 153 Å². The van der Waals surface area contributed by atoms with Crippen LogP contribution in [0.5, 0.6) is 0 Å². The summed E-state index contributed by atoms with van der Waals surface area (Å²) in [6.45, 7) is 0. The summed E-state index contributed by atoms with van der Waals surface area (Å²) < 4.78 is 0.771. The summed E-state index contributed by atoms with van der Waals surface area (Å²) in [5.41, 5.74) is 8.46. The SMILES string of the molecule is Nc1sc(SCC(=O)Nc2cccc(Cl)c2)nc1-c1ccccc1. The molecule has 0 saturated carbocycles. The van der Waals surface area contributed by atoms with Gasteiger partial charge in [-0.3, -0.25) is 4.79 Å². The van der Waals surface area contributed by atoms with Gasteiger partial charge >= 0.3 is 0 Å². The molecule has 24 heavy (non-hydrogen) atoms. The molecule has 0 bridgehead atoms. The van der Waals surface area contributed by atoms with E-state index in [4.69, 9.17) is 17.3 Å². The first kappa shape index (κ1) is 16.8. The van der Waals surface area contributed by atoms with E-state index in [0.717, 1.165) is 15.6 Å². The maximum absolute atomic E-state index is 12.0. The summed E-state index contributed by atoms with van der Waals surface area (Å²) in [4.78, 5) is 16.6. The van der Waals surface area contributed by atoms with E-state index in [1.54, 1.807) is 24.3 Å². The number of aromatic nitrogens is 1. The van der Waals surface area contributed by atoms with Gasteiger partial charge in [-0.2, -0.15) is 0 Å². The van der Waals surface area contributed by atoms with Crippen molar-refractivity contribution < 1.29 is 4.79 Å². The predicted molar refractivity (Wildman–Crippen MR) is 103 cm³/mol. The lowest BCUT2D eigenvalue weighted by atomic mass is 10.2. The van der Waals surface area contributed by atoms with Crippen LogP contribution in [0.4, 0.5) is 10.7 Å². The molecule has 0 atom stereocenters. The van der Waals surface area contributed by atoms with Crippen molar-refractivity contribution in [3.63, 3.8) is 0 Å². The van der Waals surface area contributed by atoms with Crippen LogP contribution in [0.25, 0.3) is 11.3 Å². The van der Waals surface area contributed by atoms with Gasteiger partial charge in [0.05, 0.1) is 5.75 Å². The van der Waals surface area contributed by atoms with E-state index < -0.39 is 0 Å². The number of thiazole rings is 1. The molecule has 3 N–H and O–H groups in total. The quantitative estimate of drug-likeness (QED) is 0.630. The fourth-order valence-electron chi connectivity index (χ4n) is 2.07. The van der Waals surface area contributed by atoms with Crippen LogP contribution >= 0.6 is 34.7 Å². The molecule has 0 radical (unpaired) electrons. The monoisotopic (exact) mass is 375 g/mol. The highest BCUT2D eigenvalue weighted by atomic mass is 35.5. The predicted octanol–water partition coefficient (Wildman–Crippen LogP) is 4.78. The van der Waals surface area contributed by atoms with Crippen molar-refractivity contribution in [1.29, 1.82) is 0 Å². The number of carbonyl (C=O) groups is 1. The number of hydrogen-bond donors (Lipinski definition) is 2. The van der Waals surface area contributed by atoms with E-state index >= 15 is 0 Å². The number of hydrogen-bond acceptors (Lipinski definition) is 5. The van der Waals surface area contributed by atoms with Crippen LogP contribution in [0.1, 0.15) is 0 Å². The second-order valence-electron chi connectivity index (χ2n) is 4.91. The summed E-state index contributed by atoms with van der Waals surface area (Å²) in [6.07, 6.45) is 0. The number of nitrogens with zero attached hydrogens (tertiary/aromatic N) is 1. The van der Waals surface area contributed by atoms with Gasteiger partial charge in [-0.1, -0.05) is 71.1 Å². The summed E-state index contributed by atoms with van der Waals surface area (Å²) in [5.74, 6) is 0.144. The van der Waals surface area contributed by atoms with Gasteiger partial charge in [-0.15, -0.1) is 0 Å². The van der Waals surface area contributed by atoms with Crippen molar-refractivity contribution in [2.45, 2.75) is 4.34 Å². The van der Waals surface area contributed by atoms with Gasteiger partial charge < -0.3 is 11.1 Å². The molecule has 3 aromatic rings. The molecule has 0 aliphatic rings. The first-order valence-corrected chi connectivity index (χ1v) is 9.30. The fraction of sp³-hybridized carbons (Fsp3) is 0.0588. The second kappa shape index (κ2) is 7.70. The lowest BCUT2D eigenvalue weighted by Gasteiger charge is -2.04. The van der Waals surface area contributed by atoms with Crippen LogP contribution in [-0.2, 0) is 4.79 Å². The van der Waals surface area contributed by atoms with Gasteiger partial charge in [-0.25, -0.2) is 4.98 Å². The number of carbonyl (C=O) groups excluding carboxylic acids is 1. The molecule has 2 aromatic carbocycles. The van der Waals surface area contributed by atoms with E-state index in [9.17, 15) is 4.79 Å². The van der Waals surface area contributed by atoms with Crippen molar-refractivity contribution in [2.75, 3.05) is 16.8 Å². The third-order valence-corrected chi connectivity index (χ3v) is 5.38. The van der Waals surface area contributed by atoms with Crippen LogP contribution in [0.15, 0.2) is 58.9 Å². The fourth-order valence-corrected chi connectivity index (χ4v) is 4.01. The lowest BCUT2D eigenvalue weighted by molar-refractivity contribution is -0.113. The normalized spacial score (nSPS) is 10.5. The highest BCUT2D eigenvalue weighted by Gasteiger charge is 2.12. The number of benzene rings is 2. The molecule has 0 aliphatic carbocycles. The smallest absolute Gasteiger partial charge is 0.234 e. The van der Waals surface area contributed by atoms with Gasteiger partial charge in [-0.05, 0) is 18.2 Å². The Hall–Kier alpha value is -2.02. The van der Waals surface area contributed by atoms with Crippen LogP contribution in [0.3, 0.4) is 0 Å². The van der Waals surface area contributed by atoms with Crippen molar-refractivity contribution in [3.05, 3.63) is 59.6 Å². The second-order valence-corrected chi connectivity index (χ2v) is 7.60. The number of thioether (sulfide) groups is 1. The van der Waals surface area contributed by atoms with Crippen molar-refractivity contribution in [3.8, 4) is 11.3 Å². The van der Waals surface area contributed by atoms with Gasteiger partial charge in [0.1, 0.15) is 10.7 Å². The zero-order valence-electron chi connectivity index (χ0n) is 12.5. The molecule has 3 rings (SSSR count). The average Bonchev–Trinajstić information content (AvgIpc) is 2.95. The van der Waals surface area contributed by atoms with Crippen LogP contribution in [-0.4, -0.2) is 16.6 Å². The highest BCUT2D eigenvalue weighted by molar-refractivity contribution is 8.01. The number of amides is 1. The molecule has 4 nitrogen and oxygen atoms in total. The van der Waals surface area contributed by atoms with Crippen LogP contribution < -0.4 is 11.1 Å². The Morgan fingerprint density at radius 1 is 1.21 bits per heavy atom. The van der Waals surface area contributed by atoms with Crippen LogP contribution in [0, 0.1) is 0 Å². The molecular weight excluding hydrogens is 362 g/mol. The van der Waals surface area contributed by atoms with Crippen LogP contribution in [0.2, 0.25) is 5.02 Å². The Morgan fingerprint density at radius 2 is 2.00 bits per heavy atom. The summed E-state index contributed by atoms with van der Waals surface area (Å²) >= 11 is 8.65. The topological polar surface area (TPSA) is 68.0 Å². The first-order valence-electron chi connectivity index (χ1n) is 7.12.